The third-order valence-electron chi connectivity index (χ3n) is 3.11. The molecule has 6 heteroatoms. The summed E-state index contributed by atoms with van der Waals surface area (Å²) >= 11 is 0. The lowest BCUT2D eigenvalue weighted by Gasteiger charge is -2.37. The summed E-state index contributed by atoms with van der Waals surface area (Å²) in [7, 11) is -2.96. The minimum atomic E-state index is -2.96. The van der Waals surface area contributed by atoms with Crippen LogP contribution in [0.25, 0.3) is 0 Å². The minimum absolute atomic E-state index is 0.0563. The van der Waals surface area contributed by atoms with Gasteiger partial charge in [0.05, 0.1) is 17.5 Å². The minimum Gasteiger partial charge on any atom is -0.336 e. The molecule has 2 aliphatic heterocycles. The molecule has 2 rings (SSSR count). The van der Waals surface area contributed by atoms with Gasteiger partial charge in [-0.05, 0) is 0 Å². The number of hydrogen-bond donors (Lipinski definition) is 1. The molecule has 0 saturated carbocycles. The number of hydrogen-bond acceptors (Lipinski definition) is 4. The van der Waals surface area contributed by atoms with Crippen molar-refractivity contribution in [3.05, 3.63) is 0 Å². The predicted octanol–water partition coefficient (Wildman–Crippen LogP) is -1.01. The first-order valence-corrected chi connectivity index (χ1v) is 7.09. The van der Waals surface area contributed by atoms with Crippen molar-refractivity contribution in [1.82, 2.24) is 10.2 Å². The first-order chi connectivity index (χ1) is 7.03. The molecule has 15 heavy (non-hydrogen) atoms. The van der Waals surface area contributed by atoms with Gasteiger partial charge in [0.1, 0.15) is 0 Å². The number of fused-ring (bicyclic) bond motifs is 1. The van der Waals surface area contributed by atoms with Gasteiger partial charge in [0, 0.05) is 25.6 Å². The summed E-state index contributed by atoms with van der Waals surface area (Å²) in [6.07, 6.45) is 0.448. The van der Waals surface area contributed by atoms with Crippen LogP contribution in [0.4, 0.5) is 0 Å². The van der Waals surface area contributed by atoms with E-state index >= 15 is 0 Å². The van der Waals surface area contributed by atoms with Crippen LogP contribution in [0.3, 0.4) is 0 Å². The molecular weight excluding hydrogens is 216 g/mol. The largest absolute Gasteiger partial charge is 0.336 e. The maximum Gasteiger partial charge on any atom is 0.222 e. The SMILES string of the molecule is CCC(=O)N1CCN[C@@H]2CS(=O)(=O)C[C@H]21. The van der Waals surface area contributed by atoms with Gasteiger partial charge in [0.25, 0.3) is 0 Å². The van der Waals surface area contributed by atoms with Crippen LogP contribution in [0, 0.1) is 0 Å². The Hall–Kier alpha value is -0.620. The molecule has 0 aromatic rings. The van der Waals surface area contributed by atoms with Gasteiger partial charge >= 0.3 is 0 Å². The van der Waals surface area contributed by atoms with E-state index in [0.29, 0.717) is 19.5 Å². The zero-order valence-electron chi connectivity index (χ0n) is 8.77. The first kappa shape index (κ1) is 10.9. The molecular formula is C9H16N2O3S. The van der Waals surface area contributed by atoms with Crippen molar-refractivity contribution in [3.8, 4) is 0 Å². The van der Waals surface area contributed by atoms with Crippen LogP contribution in [-0.2, 0) is 14.6 Å². The van der Waals surface area contributed by atoms with Crippen molar-refractivity contribution in [2.75, 3.05) is 24.6 Å². The molecule has 86 valence electrons. The van der Waals surface area contributed by atoms with Crippen LogP contribution < -0.4 is 5.32 Å². The summed E-state index contributed by atoms with van der Waals surface area (Å²) in [5.41, 5.74) is 0. The van der Waals surface area contributed by atoms with Gasteiger partial charge in [-0.15, -0.1) is 0 Å². The molecule has 0 spiro atoms. The van der Waals surface area contributed by atoms with Crippen molar-refractivity contribution in [1.29, 1.82) is 0 Å². The third-order valence-corrected chi connectivity index (χ3v) is 4.82. The van der Waals surface area contributed by atoms with E-state index in [9.17, 15) is 13.2 Å². The summed E-state index contributed by atoms with van der Waals surface area (Å²) in [4.78, 5) is 13.4. The molecule has 2 heterocycles. The second kappa shape index (κ2) is 3.75. The van der Waals surface area contributed by atoms with Crippen LogP contribution in [-0.4, -0.2) is 55.9 Å². The van der Waals surface area contributed by atoms with Gasteiger partial charge in [-0.1, -0.05) is 6.92 Å². The highest BCUT2D eigenvalue weighted by Gasteiger charge is 2.43. The lowest BCUT2D eigenvalue weighted by atomic mass is 10.1. The lowest BCUT2D eigenvalue weighted by Crippen LogP contribution is -2.58. The average Bonchev–Trinajstić information content (AvgIpc) is 2.49. The van der Waals surface area contributed by atoms with Crippen molar-refractivity contribution < 1.29 is 13.2 Å². The number of carbonyl (C=O) groups is 1. The van der Waals surface area contributed by atoms with Gasteiger partial charge in [-0.3, -0.25) is 4.79 Å². The molecule has 2 fully saturated rings. The van der Waals surface area contributed by atoms with Crippen molar-refractivity contribution in [2.24, 2.45) is 0 Å². The van der Waals surface area contributed by atoms with Gasteiger partial charge < -0.3 is 10.2 Å². The monoisotopic (exact) mass is 232 g/mol. The molecule has 0 unspecified atom stereocenters. The van der Waals surface area contributed by atoms with Crippen molar-refractivity contribution in [2.45, 2.75) is 25.4 Å². The second-order valence-corrected chi connectivity index (χ2v) is 6.30. The number of sulfone groups is 1. The van der Waals surface area contributed by atoms with E-state index in [-0.39, 0.29) is 29.5 Å². The molecule has 1 amide bonds. The molecule has 2 atom stereocenters. The second-order valence-electron chi connectivity index (χ2n) is 4.15. The van der Waals surface area contributed by atoms with Gasteiger partial charge in [0.15, 0.2) is 9.84 Å². The van der Waals surface area contributed by atoms with E-state index in [1.807, 2.05) is 6.92 Å². The van der Waals surface area contributed by atoms with Gasteiger partial charge in [-0.2, -0.15) is 0 Å². The van der Waals surface area contributed by atoms with E-state index in [4.69, 9.17) is 0 Å². The topological polar surface area (TPSA) is 66.5 Å². The Labute approximate surface area is 89.7 Å². The highest BCUT2D eigenvalue weighted by atomic mass is 32.2. The van der Waals surface area contributed by atoms with E-state index in [2.05, 4.69) is 5.32 Å². The van der Waals surface area contributed by atoms with E-state index < -0.39 is 9.84 Å². The summed E-state index contributed by atoms with van der Waals surface area (Å²) < 4.78 is 23.0. The molecule has 2 saturated heterocycles. The fraction of sp³-hybridized carbons (Fsp3) is 0.889. The molecule has 0 aromatic heterocycles. The summed E-state index contributed by atoms with van der Waals surface area (Å²) in [5.74, 6) is 0.352. The first-order valence-electron chi connectivity index (χ1n) is 5.27. The van der Waals surface area contributed by atoms with E-state index in [1.54, 1.807) is 4.90 Å². The summed E-state index contributed by atoms with van der Waals surface area (Å²) in [5, 5.41) is 3.17. The number of nitrogens with zero attached hydrogens (tertiary/aromatic N) is 1. The highest BCUT2D eigenvalue weighted by molar-refractivity contribution is 7.91. The maximum absolute atomic E-state index is 11.6. The highest BCUT2D eigenvalue weighted by Crippen LogP contribution is 2.21. The molecule has 0 radical (unpaired) electrons. The molecule has 0 aliphatic carbocycles. The Kier molecular flexibility index (Phi) is 2.72. The number of carbonyl (C=O) groups excluding carboxylic acids is 1. The quantitative estimate of drug-likeness (QED) is 0.629. The smallest absolute Gasteiger partial charge is 0.222 e. The van der Waals surface area contributed by atoms with Crippen LogP contribution >= 0.6 is 0 Å². The average molecular weight is 232 g/mol. The van der Waals surface area contributed by atoms with Crippen LogP contribution in [0.1, 0.15) is 13.3 Å². The molecule has 1 N–H and O–H groups in total. The zero-order valence-corrected chi connectivity index (χ0v) is 9.59. The Morgan fingerprint density at radius 2 is 2.20 bits per heavy atom. The van der Waals surface area contributed by atoms with E-state index in [0.717, 1.165) is 0 Å². The van der Waals surface area contributed by atoms with Crippen molar-refractivity contribution in [3.63, 3.8) is 0 Å². The Morgan fingerprint density at radius 3 is 2.87 bits per heavy atom. The van der Waals surface area contributed by atoms with Crippen molar-refractivity contribution >= 4 is 15.7 Å². The standard InChI is InChI=1S/C9H16N2O3S/c1-2-9(12)11-4-3-10-7-5-15(13,14)6-8(7)11/h7-8,10H,2-6H2,1H3/t7-,8-/m1/s1. The van der Waals surface area contributed by atoms with Crippen LogP contribution in [0.15, 0.2) is 0 Å². The summed E-state index contributed by atoms with van der Waals surface area (Å²) in [6.45, 7) is 3.13. The predicted molar refractivity (Wildman–Crippen MR) is 56.2 cm³/mol. The van der Waals surface area contributed by atoms with E-state index in [1.165, 1.54) is 0 Å². The zero-order chi connectivity index (χ0) is 11.1. The van der Waals surface area contributed by atoms with Crippen LogP contribution in [0.2, 0.25) is 0 Å². The lowest BCUT2D eigenvalue weighted by molar-refractivity contribution is -0.134. The molecule has 0 bridgehead atoms. The molecule has 0 aromatic carbocycles. The number of amides is 1. The summed E-state index contributed by atoms with van der Waals surface area (Å²) in [6, 6.07) is -0.199. The molecule has 2 aliphatic rings. The van der Waals surface area contributed by atoms with Crippen LogP contribution in [0.5, 0.6) is 0 Å². The Morgan fingerprint density at radius 1 is 1.47 bits per heavy atom. The van der Waals surface area contributed by atoms with Gasteiger partial charge in [0.2, 0.25) is 5.91 Å². The Bertz CT molecular complexity index is 366. The van der Waals surface area contributed by atoms with Gasteiger partial charge in [-0.25, -0.2) is 8.42 Å². The third kappa shape index (κ3) is 2.01. The normalized spacial score (nSPS) is 33.8. The molecule has 5 nitrogen and oxygen atoms in total. The number of rotatable bonds is 1. The number of nitrogens with one attached hydrogen (secondary N) is 1. The Balaban J connectivity index is 2.19. The fourth-order valence-corrected chi connectivity index (χ4v) is 4.34. The fourth-order valence-electron chi connectivity index (χ4n) is 2.38. The maximum atomic E-state index is 11.6. The number of piperazine rings is 1.